The van der Waals surface area contributed by atoms with Crippen LogP contribution in [0, 0.1) is 0 Å². The average molecular weight is 421 g/mol. The predicted molar refractivity (Wildman–Crippen MR) is 114 cm³/mol. The number of hydrogen-bond donors (Lipinski definition) is 2. The lowest BCUT2D eigenvalue weighted by Gasteiger charge is -2.37. The quantitative estimate of drug-likeness (QED) is 0.790. The fraction of sp³-hybridized carbons (Fsp3) is 0.409. The third-order valence-corrected chi connectivity index (χ3v) is 6.08. The molecule has 2 heterocycles. The Morgan fingerprint density at radius 1 is 1.18 bits per heavy atom. The topological polar surface area (TPSA) is 50.4 Å². The molecule has 0 aromatic heterocycles. The summed E-state index contributed by atoms with van der Waals surface area (Å²) in [4.78, 5) is 13.3. The number of rotatable bonds is 4. The van der Waals surface area contributed by atoms with Crippen LogP contribution in [0.15, 0.2) is 48.5 Å². The van der Waals surface area contributed by atoms with Crippen LogP contribution in [0.3, 0.4) is 0 Å². The van der Waals surface area contributed by atoms with Gasteiger partial charge < -0.3 is 15.4 Å². The highest BCUT2D eigenvalue weighted by molar-refractivity contribution is 6.30. The number of fused-ring (bicyclic) bond motifs is 1. The van der Waals surface area contributed by atoms with Gasteiger partial charge in [0.1, 0.15) is 0 Å². The van der Waals surface area contributed by atoms with Crippen molar-refractivity contribution in [3.8, 4) is 0 Å². The lowest BCUT2D eigenvalue weighted by molar-refractivity contribution is -0.130. The number of halogens is 2. The molecule has 2 N–H and O–H groups in total. The van der Waals surface area contributed by atoms with Crippen molar-refractivity contribution in [3.63, 3.8) is 0 Å². The Kier molecular flexibility index (Phi) is 7.00. The van der Waals surface area contributed by atoms with Gasteiger partial charge in [-0.1, -0.05) is 48.0 Å². The third kappa shape index (κ3) is 4.20. The minimum absolute atomic E-state index is 0. The van der Waals surface area contributed by atoms with E-state index in [2.05, 4.69) is 34.9 Å². The predicted octanol–water partition coefficient (Wildman–Crippen LogP) is 3.81. The largest absolute Gasteiger partial charge is 0.381 e. The van der Waals surface area contributed by atoms with Gasteiger partial charge in [-0.2, -0.15) is 0 Å². The molecule has 2 aliphatic rings. The molecule has 4 nitrogen and oxygen atoms in total. The molecule has 1 atom stereocenters. The molecule has 2 aliphatic heterocycles. The molecular weight excluding hydrogens is 395 g/mol. The van der Waals surface area contributed by atoms with Crippen molar-refractivity contribution < 1.29 is 9.53 Å². The van der Waals surface area contributed by atoms with Gasteiger partial charge >= 0.3 is 0 Å². The van der Waals surface area contributed by atoms with Gasteiger partial charge in [-0.05, 0) is 54.6 Å². The summed E-state index contributed by atoms with van der Waals surface area (Å²) in [6, 6.07) is 16.3. The van der Waals surface area contributed by atoms with E-state index in [1.165, 1.54) is 11.1 Å². The summed E-state index contributed by atoms with van der Waals surface area (Å²) >= 11 is 6.21. The Balaban J connectivity index is 0.00000225. The Morgan fingerprint density at radius 3 is 2.75 bits per heavy atom. The number of nitrogens with one attached hydrogen (secondary N) is 2. The molecule has 28 heavy (non-hydrogen) atoms. The molecule has 1 saturated heterocycles. The summed E-state index contributed by atoms with van der Waals surface area (Å²) < 4.78 is 5.54. The zero-order valence-corrected chi connectivity index (χ0v) is 17.3. The van der Waals surface area contributed by atoms with E-state index in [1.807, 2.05) is 24.3 Å². The standard InChI is InChI=1S/C22H25ClN2O2.ClH/c23-18-6-3-5-17(14-18)22(9-12-27-13-10-22)21(26)25-15-20-19-7-2-1-4-16(19)8-11-24-20;/h1-7,14,20,24H,8-13,15H2,(H,25,26);1H. The summed E-state index contributed by atoms with van der Waals surface area (Å²) in [5.74, 6) is 0.0675. The van der Waals surface area contributed by atoms with Crippen LogP contribution in [0.5, 0.6) is 0 Å². The highest BCUT2D eigenvalue weighted by Gasteiger charge is 2.42. The van der Waals surface area contributed by atoms with Crippen molar-refractivity contribution in [2.45, 2.75) is 30.7 Å². The summed E-state index contributed by atoms with van der Waals surface area (Å²) in [5, 5.41) is 7.42. The van der Waals surface area contributed by atoms with Crippen molar-refractivity contribution in [1.82, 2.24) is 10.6 Å². The normalized spacial score (nSPS) is 20.5. The smallest absolute Gasteiger partial charge is 0.230 e. The summed E-state index contributed by atoms with van der Waals surface area (Å²) in [6.07, 6.45) is 2.38. The fourth-order valence-electron chi connectivity index (χ4n) is 4.29. The van der Waals surface area contributed by atoms with Crippen LogP contribution < -0.4 is 10.6 Å². The SMILES string of the molecule is Cl.O=C(NCC1NCCc2ccccc21)C1(c2cccc(Cl)c2)CCOCC1. The molecule has 6 heteroatoms. The lowest BCUT2D eigenvalue weighted by atomic mass is 9.73. The van der Waals surface area contributed by atoms with E-state index >= 15 is 0 Å². The maximum absolute atomic E-state index is 13.3. The highest BCUT2D eigenvalue weighted by atomic mass is 35.5. The summed E-state index contributed by atoms with van der Waals surface area (Å²) in [7, 11) is 0. The van der Waals surface area contributed by atoms with Gasteiger partial charge in [0.25, 0.3) is 0 Å². The first-order valence-corrected chi connectivity index (χ1v) is 10.0. The molecule has 0 bridgehead atoms. The van der Waals surface area contributed by atoms with Gasteiger partial charge in [-0.3, -0.25) is 4.79 Å². The van der Waals surface area contributed by atoms with E-state index in [9.17, 15) is 4.79 Å². The number of benzene rings is 2. The van der Waals surface area contributed by atoms with Crippen molar-refractivity contribution in [2.75, 3.05) is 26.3 Å². The van der Waals surface area contributed by atoms with E-state index in [0.717, 1.165) is 18.5 Å². The van der Waals surface area contributed by atoms with E-state index in [0.29, 0.717) is 37.6 Å². The first-order valence-electron chi connectivity index (χ1n) is 9.62. The molecule has 0 aliphatic carbocycles. The molecule has 4 rings (SSSR count). The van der Waals surface area contributed by atoms with Crippen molar-refractivity contribution in [2.24, 2.45) is 0 Å². The molecule has 1 fully saturated rings. The van der Waals surface area contributed by atoms with Crippen LogP contribution >= 0.6 is 24.0 Å². The maximum atomic E-state index is 13.3. The second-order valence-corrected chi connectivity index (χ2v) is 7.81. The molecule has 0 spiro atoms. The Morgan fingerprint density at radius 2 is 1.96 bits per heavy atom. The number of carbonyl (C=O) groups is 1. The molecule has 1 unspecified atom stereocenters. The van der Waals surface area contributed by atoms with Crippen LogP contribution in [-0.4, -0.2) is 32.2 Å². The number of ether oxygens (including phenoxy) is 1. The Labute approximate surface area is 177 Å². The molecular formula is C22H26Cl2N2O2. The fourth-order valence-corrected chi connectivity index (χ4v) is 4.48. The first kappa shape index (κ1) is 21.1. The van der Waals surface area contributed by atoms with E-state index in [-0.39, 0.29) is 24.4 Å². The second-order valence-electron chi connectivity index (χ2n) is 7.37. The second kappa shape index (κ2) is 9.27. The average Bonchev–Trinajstić information content (AvgIpc) is 2.72. The van der Waals surface area contributed by atoms with E-state index < -0.39 is 5.41 Å². The van der Waals surface area contributed by atoms with Gasteiger partial charge in [0.2, 0.25) is 5.91 Å². The highest BCUT2D eigenvalue weighted by Crippen LogP contribution is 2.36. The number of hydrogen-bond acceptors (Lipinski definition) is 3. The van der Waals surface area contributed by atoms with Gasteiger partial charge in [0, 0.05) is 30.8 Å². The molecule has 150 valence electrons. The molecule has 1 amide bonds. The minimum atomic E-state index is -0.572. The van der Waals surface area contributed by atoms with Crippen molar-refractivity contribution >= 4 is 29.9 Å². The first-order chi connectivity index (χ1) is 13.2. The molecule has 0 radical (unpaired) electrons. The number of amides is 1. The molecule has 0 saturated carbocycles. The maximum Gasteiger partial charge on any atom is 0.230 e. The summed E-state index contributed by atoms with van der Waals surface area (Å²) in [6.45, 7) is 2.69. The summed E-state index contributed by atoms with van der Waals surface area (Å²) in [5.41, 5.74) is 3.06. The van der Waals surface area contributed by atoms with Crippen LogP contribution in [-0.2, 0) is 21.4 Å². The van der Waals surface area contributed by atoms with Crippen LogP contribution in [0.2, 0.25) is 5.02 Å². The van der Waals surface area contributed by atoms with Crippen molar-refractivity contribution in [1.29, 1.82) is 0 Å². The third-order valence-electron chi connectivity index (χ3n) is 5.84. The van der Waals surface area contributed by atoms with Crippen LogP contribution in [0.1, 0.15) is 35.6 Å². The van der Waals surface area contributed by atoms with Crippen LogP contribution in [0.4, 0.5) is 0 Å². The minimum Gasteiger partial charge on any atom is -0.381 e. The van der Waals surface area contributed by atoms with Crippen molar-refractivity contribution in [3.05, 3.63) is 70.2 Å². The Bertz CT molecular complexity index is 822. The molecule has 2 aromatic carbocycles. The monoisotopic (exact) mass is 420 g/mol. The van der Waals surface area contributed by atoms with Crippen LogP contribution in [0.25, 0.3) is 0 Å². The number of carbonyl (C=O) groups excluding carboxylic acids is 1. The zero-order chi connectivity index (χ0) is 18.7. The van der Waals surface area contributed by atoms with Gasteiger partial charge in [0.05, 0.1) is 5.41 Å². The molecule has 2 aromatic rings. The lowest BCUT2D eigenvalue weighted by Crippen LogP contribution is -2.50. The zero-order valence-electron chi connectivity index (χ0n) is 15.7. The van der Waals surface area contributed by atoms with Gasteiger partial charge in [-0.25, -0.2) is 0 Å². The van der Waals surface area contributed by atoms with E-state index in [1.54, 1.807) is 0 Å². The Hall–Kier alpha value is -1.59. The van der Waals surface area contributed by atoms with Gasteiger partial charge in [0.15, 0.2) is 0 Å². The van der Waals surface area contributed by atoms with Gasteiger partial charge in [-0.15, -0.1) is 12.4 Å². The van der Waals surface area contributed by atoms with E-state index in [4.69, 9.17) is 16.3 Å².